The molecule has 0 unspecified atom stereocenters. The summed E-state index contributed by atoms with van der Waals surface area (Å²) in [6.07, 6.45) is 0.842. The van der Waals surface area contributed by atoms with E-state index in [0.717, 1.165) is 10.2 Å². The first kappa shape index (κ1) is 19.5. The van der Waals surface area contributed by atoms with Crippen LogP contribution in [0.2, 0.25) is 0 Å². The molecule has 0 saturated carbocycles. The summed E-state index contributed by atoms with van der Waals surface area (Å²) in [5.74, 6) is 0.437. The van der Waals surface area contributed by atoms with Crippen molar-refractivity contribution in [1.29, 1.82) is 0 Å². The van der Waals surface area contributed by atoms with Crippen LogP contribution in [0.1, 0.15) is 12.8 Å². The molecule has 5 nitrogen and oxygen atoms in total. The first-order chi connectivity index (χ1) is 12.0. The fourth-order valence-corrected chi connectivity index (χ4v) is 3.71. The summed E-state index contributed by atoms with van der Waals surface area (Å²) in [5.41, 5.74) is 0. The predicted octanol–water partition coefficient (Wildman–Crippen LogP) is 3.20. The average molecular weight is 426 g/mol. The number of hydrogen-bond acceptors (Lipinski definition) is 4. The van der Waals surface area contributed by atoms with E-state index in [-0.39, 0.29) is 29.5 Å². The zero-order valence-electron chi connectivity index (χ0n) is 13.7. The molecule has 0 spiro atoms. The Morgan fingerprint density at radius 1 is 1.04 bits per heavy atom. The smallest absolute Gasteiger partial charge is 0.220 e. The van der Waals surface area contributed by atoms with Gasteiger partial charge in [-0.05, 0) is 46.6 Å². The summed E-state index contributed by atoms with van der Waals surface area (Å²) in [7, 11) is -3.37. The molecule has 0 aliphatic rings. The lowest BCUT2D eigenvalue weighted by atomic mass is 10.3. The quantitative estimate of drug-likeness (QED) is 0.626. The lowest BCUT2D eigenvalue weighted by molar-refractivity contribution is -0.121. The number of amides is 1. The van der Waals surface area contributed by atoms with Crippen LogP contribution in [0.3, 0.4) is 0 Å². The Morgan fingerprint density at radius 3 is 2.44 bits per heavy atom. The fraction of sp³-hybridized carbons (Fsp3) is 0.278. The molecule has 0 bridgehead atoms. The molecule has 0 heterocycles. The molecule has 0 aliphatic heterocycles. The Hall–Kier alpha value is -1.86. The molecule has 2 rings (SSSR count). The van der Waals surface area contributed by atoms with Crippen LogP contribution in [0.5, 0.6) is 5.75 Å². The SMILES string of the molecule is O=C(CCCOc1ccccc1Br)NCCS(=O)(=O)c1ccccc1. The molecule has 2 aromatic rings. The maximum atomic E-state index is 12.1. The summed E-state index contributed by atoms with van der Waals surface area (Å²) >= 11 is 3.39. The molecule has 0 atom stereocenters. The average Bonchev–Trinajstić information content (AvgIpc) is 2.61. The highest BCUT2D eigenvalue weighted by atomic mass is 79.9. The first-order valence-corrected chi connectivity index (χ1v) is 10.4. The second-order valence-corrected chi connectivity index (χ2v) is 8.33. The number of para-hydroxylation sites is 1. The second kappa shape index (κ2) is 9.58. The van der Waals surface area contributed by atoms with Crippen LogP contribution in [-0.2, 0) is 14.6 Å². The summed E-state index contributed by atoms with van der Waals surface area (Å²) in [6.45, 7) is 0.513. The minimum absolute atomic E-state index is 0.0984. The van der Waals surface area contributed by atoms with Gasteiger partial charge in [-0.25, -0.2) is 8.42 Å². The van der Waals surface area contributed by atoms with Crippen molar-refractivity contribution in [3.63, 3.8) is 0 Å². The lowest BCUT2D eigenvalue weighted by Crippen LogP contribution is -2.29. The molecular weight excluding hydrogens is 406 g/mol. The predicted molar refractivity (Wildman–Crippen MR) is 100 cm³/mol. The Morgan fingerprint density at radius 2 is 1.72 bits per heavy atom. The van der Waals surface area contributed by atoms with Gasteiger partial charge in [0.2, 0.25) is 5.91 Å². The van der Waals surface area contributed by atoms with Gasteiger partial charge in [0.25, 0.3) is 0 Å². The summed E-state index contributed by atoms with van der Waals surface area (Å²) in [4.78, 5) is 12.0. The number of sulfone groups is 1. The van der Waals surface area contributed by atoms with Gasteiger partial charge in [-0.2, -0.15) is 0 Å². The third-order valence-electron chi connectivity index (χ3n) is 3.44. The van der Waals surface area contributed by atoms with Crippen LogP contribution < -0.4 is 10.1 Å². The van der Waals surface area contributed by atoms with E-state index in [1.165, 1.54) is 0 Å². The lowest BCUT2D eigenvalue weighted by Gasteiger charge is -2.08. The van der Waals surface area contributed by atoms with Gasteiger partial charge in [-0.3, -0.25) is 4.79 Å². The van der Waals surface area contributed by atoms with Crippen molar-refractivity contribution >= 4 is 31.7 Å². The van der Waals surface area contributed by atoms with Gasteiger partial charge in [0.15, 0.2) is 9.84 Å². The van der Waals surface area contributed by atoms with Crippen molar-refractivity contribution in [2.24, 2.45) is 0 Å². The zero-order valence-corrected chi connectivity index (χ0v) is 16.1. The number of ether oxygens (including phenoxy) is 1. The van der Waals surface area contributed by atoms with Crippen LogP contribution in [0, 0.1) is 0 Å². The van der Waals surface area contributed by atoms with Crippen molar-refractivity contribution in [2.75, 3.05) is 18.9 Å². The van der Waals surface area contributed by atoms with Crippen molar-refractivity contribution in [1.82, 2.24) is 5.32 Å². The first-order valence-electron chi connectivity index (χ1n) is 7.91. The molecule has 25 heavy (non-hydrogen) atoms. The third-order valence-corrected chi connectivity index (χ3v) is 5.82. The van der Waals surface area contributed by atoms with Crippen molar-refractivity contribution in [3.05, 3.63) is 59.1 Å². The van der Waals surface area contributed by atoms with E-state index in [2.05, 4.69) is 21.2 Å². The number of hydrogen-bond donors (Lipinski definition) is 1. The summed E-state index contributed by atoms with van der Waals surface area (Å²) in [6, 6.07) is 15.7. The highest BCUT2D eigenvalue weighted by Gasteiger charge is 2.13. The topological polar surface area (TPSA) is 72.5 Å². The van der Waals surface area contributed by atoms with Crippen LogP contribution in [0.15, 0.2) is 64.0 Å². The van der Waals surface area contributed by atoms with Crippen molar-refractivity contribution < 1.29 is 17.9 Å². The molecule has 0 aliphatic carbocycles. The van der Waals surface area contributed by atoms with Gasteiger partial charge < -0.3 is 10.1 Å². The molecule has 0 saturated heterocycles. The Labute approximate surface area is 156 Å². The van der Waals surface area contributed by atoms with Crippen LogP contribution in [0.25, 0.3) is 0 Å². The minimum atomic E-state index is -3.37. The van der Waals surface area contributed by atoms with Gasteiger partial charge >= 0.3 is 0 Å². The van der Waals surface area contributed by atoms with Crippen LogP contribution >= 0.6 is 15.9 Å². The third kappa shape index (κ3) is 6.51. The maximum absolute atomic E-state index is 12.1. The number of halogens is 1. The van der Waals surface area contributed by atoms with E-state index in [1.54, 1.807) is 30.3 Å². The normalized spacial score (nSPS) is 11.1. The molecule has 134 valence electrons. The van der Waals surface area contributed by atoms with E-state index in [9.17, 15) is 13.2 Å². The van der Waals surface area contributed by atoms with E-state index in [1.807, 2.05) is 24.3 Å². The van der Waals surface area contributed by atoms with Crippen molar-refractivity contribution in [2.45, 2.75) is 17.7 Å². The van der Waals surface area contributed by atoms with Gasteiger partial charge in [0, 0.05) is 13.0 Å². The number of nitrogens with one attached hydrogen (secondary N) is 1. The van der Waals surface area contributed by atoms with Gasteiger partial charge in [0.05, 0.1) is 21.7 Å². The van der Waals surface area contributed by atoms with Crippen LogP contribution in [0.4, 0.5) is 0 Å². The molecule has 0 radical (unpaired) electrons. The number of carbonyl (C=O) groups excluding carboxylic acids is 1. The molecule has 1 N–H and O–H groups in total. The monoisotopic (exact) mass is 425 g/mol. The number of benzene rings is 2. The largest absolute Gasteiger partial charge is 0.492 e. The second-order valence-electron chi connectivity index (χ2n) is 5.36. The fourth-order valence-electron chi connectivity index (χ4n) is 2.14. The molecule has 7 heteroatoms. The van der Waals surface area contributed by atoms with Gasteiger partial charge in [-0.15, -0.1) is 0 Å². The molecule has 0 aromatic heterocycles. The zero-order chi connectivity index (χ0) is 18.1. The maximum Gasteiger partial charge on any atom is 0.220 e. The van der Waals surface area contributed by atoms with E-state index in [4.69, 9.17) is 4.74 Å². The minimum Gasteiger partial charge on any atom is -0.492 e. The van der Waals surface area contributed by atoms with E-state index in [0.29, 0.717) is 13.0 Å². The summed E-state index contributed by atoms with van der Waals surface area (Å²) in [5, 5.41) is 2.64. The highest BCUT2D eigenvalue weighted by molar-refractivity contribution is 9.10. The Balaban J connectivity index is 1.65. The van der Waals surface area contributed by atoms with Crippen LogP contribution in [-0.4, -0.2) is 33.2 Å². The molecule has 0 fully saturated rings. The molecular formula is C18H20BrNO4S. The van der Waals surface area contributed by atoms with E-state index >= 15 is 0 Å². The molecule has 2 aromatic carbocycles. The van der Waals surface area contributed by atoms with Gasteiger partial charge in [0.1, 0.15) is 5.75 Å². The highest BCUT2D eigenvalue weighted by Crippen LogP contribution is 2.23. The van der Waals surface area contributed by atoms with Crippen molar-refractivity contribution in [3.8, 4) is 5.75 Å². The standard InChI is InChI=1S/C18H20BrNO4S/c19-16-9-4-5-10-17(16)24-13-6-11-18(21)20-12-14-25(22,23)15-7-2-1-3-8-15/h1-5,7-10H,6,11-14H2,(H,20,21). The van der Waals surface area contributed by atoms with E-state index < -0.39 is 9.84 Å². The number of carbonyl (C=O) groups is 1. The summed E-state index contributed by atoms with van der Waals surface area (Å²) < 4.78 is 30.6. The number of rotatable bonds is 9. The Bertz CT molecular complexity index is 794. The molecule has 1 amide bonds. The van der Waals surface area contributed by atoms with Gasteiger partial charge in [-0.1, -0.05) is 30.3 Å². The Kier molecular flexibility index (Phi) is 7.46.